The van der Waals surface area contributed by atoms with E-state index >= 15 is 0 Å². The van der Waals surface area contributed by atoms with E-state index in [4.69, 9.17) is 4.42 Å². The van der Waals surface area contributed by atoms with Crippen molar-refractivity contribution in [1.82, 2.24) is 10.6 Å². The van der Waals surface area contributed by atoms with Crippen LogP contribution in [-0.4, -0.2) is 24.2 Å². The first-order chi connectivity index (χ1) is 11.1. The van der Waals surface area contributed by atoms with Crippen LogP contribution < -0.4 is 16.0 Å². The molecule has 1 aromatic heterocycles. The largest absolute Gasteiger partial charge is 0.467 e. The summed E-state index contributed by atoms with van der Waals surface area (Å²) in [6.45, 7) is 1.91. The summed E-state index contributed by atoms with van der Waals surface area (Å²) < 4.78 is 5.13. The number of urea groups is 1. The number of hydrogen-bond acceptors (Lipinski definition) is 4. The highest BCUT2D eigenvalue weighted by molar-refractivity contribution is 7.98. The number of carbonyl (C=O) groups excluding carboxylic acids is 2. The summed E-state index contributed by atoms with van der Waals surface area (Å²) in [5.41, 5.74) is 0.709. The van der Waals surface area contributed by atoms with E-state index in [2.05, 4.69) is 16.0 Å². The Morgan fingerprint density at radius 1 is 1.22 bits per heavy atom. The lowest BCUT2D eigenvalue weighted by Crippen LogP contribution is -2.46. The van der Waals surface area contributed by atoms with E-state index in [0.29, 0.717) is 11.4 Å². The number of thioether (sulfide) groups is 1. The van der Waals surface area contributed by atoms with Crippen LogP contribution in [0, 0.1) is 0 Å². The zero-order valence-corrected chi connectivity index (χ0v) is 13.8. The number of amides is 3. The third kappa shape index (κ3) is 5.07. The van der Waals surface area contributed by atoms with E-state index in [1.54, 1.807) is 25.3 Å². The van der Waals surface area contributed by atoms with Gasteiger partial charge in [-0.25, -0.2) is 4.79 Å². The van der Waals surface area contributed by atoms with Crippen LogP contribution >= 0.6 is 11.8 Å². The summed E-state index contributed by atoms with van der Waals surface area (Å²) in [5, 5.41) is 8.05. The number of carbonyl (C=O) groups is 2. The summed E-state index contributed by atoms with van der Waals surface area (Å²) in [7, 11) is 0. The Labute approximate surface area is 139 Å². The molecule has 0 aliphatic heterocycles. The lowest BCUT2D eigenvalue weighted by Gasteiger charge is -2.15. The zero-order valence-electron chi connectivity index (χ0n) is 13.0. The van der Waals surface area contributed by atoms with Gasteiger partial charge in [0.25, 0.3) is 0 Å². The van der Waals surface area contributed by atoms with Gasteiger partial charge in [0.2, 0.25) is 5.91 Å². The molecule has 23 heavy (non-hydrogen) atoms. The highest BCUT2D eigenvalue weighted by Gasteiger charge is 2.16. The van der Waals surface area contributed by atoms with Gasteiger partial charge < -0.3 is 20.4 Å². The van der Waals surface area contributed by atoms with Crippen molar-refractivity contribution in [3.8, 4) is 0 Å². The molecular weight excluding hydrogens is 314 g/mol. The van der Waals surface area contributed by atoms with E-state index < -0.39 is 12.1 Å². The number of rotatable bonds is 6. The van der Waals surface area contributed by atoms with Gasteiger partial charge in [-0.2, -0.15) is 0 Å². The topological polar surface area (TPSA) is 83.4 Å². The van der Waals surface area contributed by atoms with Gasteiger partial charge in [0.05, 0.1) is 18.5 Å². The number of furan rings is 1. The van der Waals surface area contributed by atoms with E-state index in [1.165, 1.54) is 11.8 Å². The minimum atomic E-state index is -0.661. The van der Waals surface area contributed by atoms with Crippen LogP contribution in [0.15, 0.2) is 52.0 Å². The Morgan fingerprint density at radius 2 is 2.00 bits per heavy atom. The quantitative estimate of drug-likeness (QED) is 0.710. The van der Waals surface area contributed by atoms with Crippen molar-refractivity contribution >= 4 is 29.4 Å². The summed E-state index contributed by atoms with van der Waals surface area (Å²) in [5.74, 6) is 0.374. The second-order valence-corrected chi connectivity index (χ2v) is 5.67. The fourth-order valence-corrected chi connectivity index (χ4v) is 2.46. The molecular formula is C16H19N3O3S. The highest BCUT2D eigenvalue weighted by atomic mass is 32.2. The Kier molecular flexibility index (Phi) is 6.10. The Bertz CT molecular complexity index is 658. The summed E-state index contributed by atoms with van der Waals surface area (Å²) >= 11 is 1.54. The molecule has 2 rings (SSSR count). The molecule has 0 saturated heterocycles. The molecule has 0 bridgehead atoms. The molecule has 0 saturated carbocycles. The Morgan fingerprint density at radius 3 is 2.70 bits per heavy atom. The maximum absolute atomic E-state index is 12.0. The number of hydrogen-bond donors (Lipinski definition) is 3. The fraction of sp³-hybridized carbons (Fsp3) is 0.250. The van der Waals surface area contributed by atoms with Crippen molar-refractivity contribution in [2.75, 3.05) is 11.6 Å². The second kappa shape index (κ2) is 8.28. The average Bonchev–Trinajstić information content (AvgIpc) is 3.06. The number of benzene rings is 1. The number of nitrogens with one attached hydrogen (secondary N) is 3. The predicted octanol–water partition coefficient (Wildman–Crippen LogP) is 2.83. The van der Waals surface area contributed by atoms with Gasteiger partial charge in [-0.3, -0.25) is 4.79 Å². The number of para-hydroxylation sites is 1. The molecule has 0 radical (unpaired) electrons. The smallest absolute Gasteiger partial charge is 0.319 e. The fourth-order valence-electron chi connectivity index (χ4n) is 1.91. The van der Waals surface area contributed by atoms with Gasteiger partial charge >= 0.3 is 6.03 Å². The van der Waals surface area contributed by atoms with Gasteiger partial charge in [-0.05, 0) is 37.4 Å². The highest BCUT2D eigenvalue weighted by Crippen LogP contribution is 2.24. The van der Waals surface area contributed by atoms with Crippen LogP contribution in [0.2, 0.25) is 0 Å². The third-order valence-corrected chi connectivity index (χ3v) is 3.91. The SMILES string of the molecule is CSc1ccccc1NC(=O)NC(C)C(=O)NCc1ccco1. The normalized spacial score (nSPS) is 11.6. The molecule has 1 heterocycles. The van der Waals surface area contributed by atoms with Crippen molar-refractivity contribution in [2.24, 2.45) is 0 Å². The zero-order chi connectivity index (χ0) is 16.7. The number of anilines is 1. The van der Waals surface area contributed by atoms with Crippen LogP contribution in [0.4, 0.5) is 10.5 Å². The molecule has 0 fully saturated rings. The monoisotopic (exact) mass is 333 g/mol. The van der Waals surface area contributed by atoms with Crippen molar-refractivity contribution in [1.29, 1.82) is 0 Å². The first-order valence-corrected chi connectivity index (χ1v) is 8.33. The van der Waals surface area contributed by atoms with Gasteiger partial charge in [-0.15, -0.1) is 11.8 Å². The van der Waals surface area contributed by atoms with Crippen LogP contribution in [0.1, 0.15) is 12.7 Å². The van der Waals surface area contributed by atoms with E-state index in [-0.39, 0.29) is 12.5 Å². The maximum atomic E-state index is 12.0. The first kappa shape index (κ1) is 17.0. The van der Waals surface area contributed by atoms with Crippen molar-refractivity contribution in [3.63, 3.8) is 0 Å². The van der Waals surface area contributed by atoms with Crippen LogP contribution in [0.3, 0.4) is 0 Å². The average molecular weight is 333 g/mol. The Hall–Kier alpha value is -2.41. The predicted molar refractivity (Wildman–Crippen MR) is 90.4 cm³/mol. The molecule has 0 aliphatic carbocycles. The van der Waals surface area contributed by atoms with Crippen LogP contribution in [0.5, 0.6) is 0 Å². The summed E-state index contributed by atoms with van der Waals surface area (Å²) in [4.78, 5) is 24.9. The molecule has 6 nitrogen and oxygen atoms in total. The van der Waals surface area contributed by atoms with Gasteiger partial charge in [0, 0.05) is 4.90 Å². The van der Waals surface area contributed by atoms with Gasteiger partial charge in [-0.1, -0.05) is 12.1 Å². The van der Waals surface area contributed by atoms with Crippen LogP contribution in [-0.2, 0) is 11.3 Å². The first-order valence-electron chi connectivity index (χ1n) is 7.10. The third-order valence-electron chi connectivity index (χ3n) is 3.11. The van der Waals surface area contributed by atoms with E-state index in [9.17, 15) is 9.59 Å². The molecule has 3 N–H and O–H groups in total. The summed E-state index contributed by atoms with van der Waals surface area (Å²) in [6, 6.07) is 9.91. The minimum Gasteiger partial charge on any atom is -0.467 e. The lowest BCUT2D eigenvalue weighted by molar-refractivity contribution is -0.122. The molecule has 1 aromatic carbocycles. The second-order valence-electron chi connectivity index (χ2n) is 4.82. The van der Waals surface area contributed by atoms with Crippen molar-refractivity contribution < 1.29 is 14.0 Å². The molecule has 0 spiro atoms. The standard InChI is InChI=1S/C16H19N3O3S/c1-11(15(20)17-10-12-6-5-9-22-12)18-16(21)19-13-7-3-4-8-14(13)23-2/h3-9,11H,10H2,1-2H3,(H,17,20)(H2,18,19,21). The van der Waals surface area contributed by atoms with E-state index in [1.807, 2.05) is 30.5 Å². The molecule has 0 aliphatic rings. The Balaban J connectivity index is 1.82. The maximum Gasteiger partial charge on any atom is 0.319 e. The van der Waals surface area contributed by atoms with Crippen molar-refractivity contribution in [3.05, 3.63) is 48.4 Å². The minimum absolute atomic E-state index is 0.283. The van der Waals surface area contributed by atoms with Crippen LogP contribution in [0.25, 0.3) is 0 Å². The molecule has 3 amide bonds. The van der Waals surface area contributed by atoms with Gasteiger partial charge in [0.1, 0.15) is 11.8 Å². The van der Waals surface area contributed by atoms with E-state index in [0.717, 1.165) is 4.90 Å². The molecule has 7 heteroatoms. The molecule has 122 valence electrons. The molecule has 2 aromatic rings. The molecule has 1 unspecified atom stereocenters. The van der Waals surface area contributed by atoms with Gasteiger partial charge in [0.15, 0.2) is 0 Å². The summed E-state index contributed by atoms with van der Waals surface area (Å²) in [6.07, 6.45) is 3.48. The van der Waals surface area contributed by atoms with Crippen molar-refractivity contribution in [2.45, 2.75) is 24.4 Å². The molecule has 1 atom stereocenters. The lowest BCUT2D eigenvalue weighted by atomic mass is 10.3.